The third-order valence-electron chi connectivity index (χ3n) is 5.73. The second-order valence-corrected chi connectivity index (χ2v) is 9.11. The summed E-state index contributed by atoms with van der Waals surface area (Å²) in [6.07, 6.45) is -4.46. The minimum absolute atomic E-state index is 0.118. The van der Waals surface area contributed by atoms with Crippen LogP contribution in [-0.4, -0.2) is 85.6 Å². The molecule has 0 fully saturated rings. The monoisotopic (exact) mass is 616 g/mol. The van der Waals surface area contributed by atoms with Crippen LogP contribution in [0.3, 0.4) is 0 Å². The van der Waals surface area contributed by atoms with E-state index in [4.69, 9.17) is 26.0 Å². The number of nitrogens with two attached hydrogens (primary N) is 2. The lowest BCUT2D eigenvalue weighted by Crippen LogP contribution is -2.49. The van der Waals surface area contributed by atoms with Crippen molar-refractivity contribution in [2.75, 3.05) is 6.54 Å². The summed E-state index contributed by atoms with van der Waals surface area (Å²) in [5, 5.41) is 36.7. The first kappa shape index (κ1) is 34.2. The number of benzene rings is 2. The number of hydrogen-bond acceptors (Lipinski definition) is 10. The number of carbonyl (C=O) groups is 7. The summed E-state index contributed by atoms with van der Waals surface area (Å²) in [7, 11) is 0. The molecule has 2 atom stereocenters. The lowest BCUT2D eigenvalue weighted by Gasteiger charge is -2.28. The van der Waals surface area contributed by atoms with Gasteiger partial charge in [0.2, 0.25) is 0 Å². The van der Waals surface area contributed by atoms with Crippen molar-refractivity contribution in [1.29, 1.82) is 0 Å². The minimum Gasteiger partial charge on any atom is -0.481 e. The molecule has 2 aromatic carbocycles. The molecule has 0 aliphatic rings. The van der Waals surface area contributed by atoms with Gasteiger partial charge < -0.3 is 41.4 Å². The highest BCUT2D eigenvalue weighted by atomic mass is 16.6. The van der Waals surface area contributed by atoms with Crippen LogP contribution in [0.4, 0.5) is 10.5 Å². The number of guanidine groups is 1. The van der Waals surface area contributed by atoms with Crippen LogP contribution in [0.5, 0.6) is 5.75 Å². The zero-order valence-corrected chi connectivity index (χ0v) is 22.8. The molecule has 0 heterocycles. The first-order chi connectivity index (χ1) is 20.7. The van der Waals surface area contributed by atoms with Gasteiger partial charge in [-0.15, -0.1) is 0 Å². The van der Waals surface area contributed by atoms with E-state index in [-0.39, 0.29) is 17.3 Å². The summed E-state index contributed by atoms with van der Waals surface area (Å²) in [5.74, 6) is -10.1. The third-order valence-corrected chi connectivity index (χ3v) is 5.73. The summed E-state index contributed by atoms with van der Waals surface area (Å²) in [6, 6.07) is 9.46. The molecule has 44 heavy (non-hydrogen) atoms. The van der Waals surface area contributed by atoms with Crippen molar-refractivity contribution in [2.45, 2.75) is 31.9 Å². The molecule has 17 heteroatoms. The van der Waals surface area contributed by atoms with Gasteiger partial charge in [-0.3, -0.25) is 28.9 Å². The molecule has 1 unspecified atom stereocenters. The number of amides is 1. The van der Waals surface area contributed by atoms with E-state index < -0.39 is 86.1 Å². The molecule has 0 aliphatic carbocycles. The Balaban J connectivity index is 2.12. The largest absolute Gasteiger partial charge is 0.481 e. The topological polar surface area (TPSA) is 287 Å². The van der Waals surface area contributed by atoms with Crippen LogP contribution in [-0.2, 0) is 35.3 Å². The Morgan fingerprint density at radius 3 is 1.86 bits per heavy atom. The second kappa shape index (κ2) is 15.9. The zero-order valence-electron chi connectivity index (χ0n) is 22.8. The molecule has 8 N–H and O–H groups in total. The smallest absolute Gasteiger partial charge is 0.411 e. The normalized spacial score (nSPS) is 11.7. The zero-order chi connectivity index (χ0) is 33.0. The average molecular weight is 617 g/mol. The summed E-state index contributed by atoms with van der Waals surface area (Å²) in [4.78, 5) is 87.4. The van der Waals surface area contributed by atoms with Crippen molar-refractivity contribution in [3.8, 4) is 5.75 Å². The van der Waals surface area contributed by atoms with E-state index in [9.17, 15) is 48.9 Å². The van der Waals surface area contributed by atoms with Crippen LogP contribution in [0.25, 0.3) is 0 Å². The standard InChI is InChI=1S/C27H28N4O13/c28-26(29)30-17-5-3-15(4-6-17)25(41)44-18-7-1-14(2-8-18)13-43-27(42)31(12-23(37)38)19(11-22(35)36)20(32)9-16(24(39)40)10-21(33)34/h1-8,16,19H,9-13H2,(H,33,34)(H,35,36)(H,37,38)(H,39,40)(H4,28,29,30)/t16-,19?/m0/s1. The van der Waals surface area contributed by atoms with Crippen molar-refractivity contribution < 1.29 is 63.5 Å². The SMILES string of the molecule is NC(N)=Nc1ccc(C(=O)Oc2ccc(COC(=O)N(CC(=O)O)C(CC(=O)O)C(=O)C[C@@H](CC(=O)O)C(=O)O)cc2)cc1. The maximum absolute atomic E-state index is 12.8. The Bertz CT molecular complexity index is 1430. The van der Waals surface area contributed by atoms with Gasteiger partial charge in [-0.05, 0) is 42.0 Å². The molecular formula is C27H28N4O13. The lowest BCUT2D eigenvalue weighted by molar-refractivity contribution is -0.150. The van der Waals surface area contributed by atoms with Gasteiger partial charge in [-0.25, -0.2) is 14.6 Å². The fourth-order valence-electron chi connectivity index (χ4n) is 3.72. The minimum atomic E-state index is -1.97. The van der Waals surface area contributed by atoms with Crippen molar-refractivity contribution in [1.82, 2.24) is 4.90 Å². The van der Waals surface area contributed by atoms with E-state index >= 15 is 0 Å². The number of aliphatic imine (C=N–C) groups is 1. The van der Waals surface area contributed by atoms with E-state index in [1.807, 2.05) is 0 Å². The lowest BCUT2D eigenvalue weighted by atomic mass is 9.93. The predicted octanol–water partition coefficient (Wildman–Crippen LogP) is 0.812. The Kier molecular flexibility index (Phi) is 12.3. The predicted molar refractivity (Wildman–Crippen MR) is 147 cm³/mol. The molecule has 234 valence electrons. The molecule has 1 amide bonds. The second-order valence-electron chi connectivity index (χ2n) is 9.11. The first-order valence-corrected chi connectivity index (χ1v) is 12.5. The van der Waals surface area contributed by atoms with Gasteiger partial charge in [-0.2, -0.15) is 0 Å². The Morgan fingerprint density at radius 2 is 1.36 bits per heavy atom. The average Bonchev–Trinajstić information content (AvgIpc) is 2.93. The van der Waals surface area contributed by atoms with Crippen molar-refractivity contribution in [3.05, 3.63) is 59.7 Å². The summed E-state index contributed by atoms with van der Waals surface area (Å²) in [5.41, 5.74) is 11.5. The number of rotatable bonds is 16. The van der Waals surface area contributed by atoms with E-state index in [1.165, 1.54) is 48.5 Å². The highest BCUT2D eigenvalue weighted by Gasteiger charge is 2.37. The van der Waals surface area contributed by atoms with Crippen LogP contribution in [0.1, 0.15) is 35.2 Å². The maximum Gasteiger partial charge on any atom is 0.411 e. The number of hydrogen-bond donors (Lipinski definition) is 6. The first-order valence-electron chi connectivity index (χ1n) is 12.5. The number of nitrogens with zero attached hydrogens (tertiary/aromatic N) is 2. The van der Waals surface area contributed by atoms with E-state index in [1.54, 1.807) is 0 Å². The quantitative estimate of drug-likeness (QED) is 0.0658. The van der Waals surface area contributed by atoms with Crippen LogP contribution >= 0.6 is 0 Å². The van der Waals surface area contributed by atoms with Gasteiger partial charge >= 0.3 is 35.9 Å². The molecule has 0 aromatic heterocycles. The van der Waals surface area contributed by atoms with Crippen LogP contribution < -0.4 is 16.2 Å². The highest BCUT2D eigenvalue weighted by molar-refractivity contribution is 5.94. The summed E-state index contributed by atoms with van der Waals surface area (Å²) in [6.45, 7) is -1.67. The van der Waals surface area contributed by atoms with Gasteiger partial charge in [0.05, 0.1) is 30.0 Å². The van der Waals surface area contributed by atoms with Gasteiger partial charge in [0.15, 0.2) is 11.7 Å². The van der Waals surface area contributed by atoms with Crippen molar-refractivity contribution in [2.24, 2.45) is 22.4 Å². The van der Waals surface area contributed by atoms with E-state index in [2.05, 4.69) is 4.99 Å². The fraction of sp³-hybridized carbons (Fsp3) is 0.259. The van der Waals surface area contributed by atoms with E-state index in [0.29, 0.717) is 16.2 Å². The van der Waals surface area contributed by atoms with E-state index in [0.717, 1.165) is 0 Å². The number of aliphatic carboxylic acids is 4. The number of esters is 1. The number of carboxylic acid groups (broad SMARTS) is 4. The molecule has 2 aromatic rings. The summed E-state index contributed by atoms with van der Waals surface area (Å²) < 4.78 is 10.4. The Labute approximate surface area is 248 Å². The third kappa shape index (κ3) is 11.1. The molecule has 0 saturated heterocycles. The highest BCUT2D eigenvalue weighted by Crippen LogP contribution is 2.20. The van der Waals surface area contributed by atoms with Gasteiger partial charge in [0.1, 0.15) is 24.9 Å². The van der Waals surface area contributed by atoms with Gasteiger partial charge in [0, 0.05) is 6.42 Å². The Morgan fingerprint density at radius 1 is 0.773 bits per heavy atom. The maximum atomic E-state index is 12.8. The number of carboxylic acids is 4. The van der Waals surface area contributed by atoms with Crippen molar-refractivity contribution in [3.63, 3.8) is 0 Å². The molecule has 0 bridgehead atoms. The molecule has 2 rings (SSSR count). The number of Topliss-reactive ketones (excluding diaryl/α,β-unsaturated/α-hetero) is 1. The summed E-state index contributed by atoms with van der Waals surface area (Å²) >= 11 is 0. The fourth-order valence-corrected chi connectivity index (χ4v) is 3.72. The van der Waals surface area contributed by atoms with Crippen LogP contribution in [0, 0.1) is 5.92 Å². The van der Waals surface area contributed by atoms with Crippen molar-refractivity contribution >= 4 is 53.4 Å². The molecule has 0 radical (unpaired) electrons. The van der Waals surface area contributed by atoms with Gasteiger partial charge in [-0.1, -0.05) is 12.1 Å². The van der Waals surface area contributed by atoms with Gasteiger partial charge in [0.25, 0.3) is 0 Å². The molecular weight excluding hydrogens is 588 g/mol. The Hall–Kier alpha value is -6.00. The molecule has 0 spiro atoms. The van der Waals surface area contributed by atoms with Crippen LogP contribution in [0.15, 0.2) is 53.5 Å². The van der Waals surface area contributed by atoms with Crippen LogP contribution in [0.2, 0.25) is 0 Å². The molecule has 0 aliphatic heterocycles. The number of ketones is 1. The number of carbonyl (C=O) groups excluding carboxylic acids is 3. The number of ether oxygens (including phenoxy) is 2. The molecule has 17 nitrogen and oxygen atoms in total. The molecule has 0 saturated carbocycles.